The SMILES string of the molecule is Cc1ccc(C)c(NC(=O)C2CCN(C(=O)c3cccn3-c3cccnc3)CC2)c1. The van der Waals surface area contributed by atoms with E-state index in [-0.39, 0.29) is 17.7 Å². The lowest BCUT2D eigenvalue weighted by atomic mass is 9.95. The van der Waals surface area contributed by atoms with Gasteiger partial charge in [0, 0.05) is 37.1 Å². The first-order valence-corrected chi connectivity index (χ1v) is 10.3. The monoisotopic (exact) mass is 402 g/mol. The topological polar surface area (TPSA) is 67.2 Å². The Morgan fingerprint density at radius 2 is 1.87 bits per heavy atom. The lowest BCUT2D eigenvalue weighted by Gasteiger charge is -2.31. The molecule has 1 aromatic carbocycles. The fraction of sp³-hybridized carbons (Fsp3) is 0.292. The standard InChI is InChI=1S/C24H26N4O2/c1-17-7-8-18(2)21(15-17)26-23(29)19-9-13-27(14-10-19)24(30)22-6-4-12-28(22)20-5-3-11-25-16-20/h3-8,11-12,15-16,19H,9-10,13-14H2,1-2H3,(H,26,29). The second kappa shape index (κ2) is 8.53. The van der Waals surface area contributed by atoms with Crippen LogP contribution in [0.1, 0.15) is 34.5 Å². The molecule has 0 atom stereocenters. The van der Waals surface area contributed by atoms with Crippen LogP contribution in [0, 0.1) is 19.8 Å². The summed E-state index contributed by atoms with van der Waals surface area (Å²) in [5, 5.41) is 3.07. The van der Waals surface area contributed by atoms with Crippen molar-refractivity contribution in [2.75, 3.05) is 18.4 Å². The van der Waals surface area contributed by atoms with Gasteiger partial charge in [-0.2, -0.15) is 0 Å². The maximum absolute atomic E-state index is 13.1. The molecule has 3 heterocycles. The van der Waals surface area contributed by atoms with E-state index in [0.717, 1.165) is 22.5 Å². The molecule has 2 aromatic heterocycles. The molecule has 0 bridgehead atoms. The fourth-order valence-corrected chi connectivity index (χ4v) is 3.89. The molecule has 0 radical (unpaired) electrons. The largest absolute Gasteiger partial charge is 0.337 e. The molecule has 1 fully saturated rings. The van der Waals surface area contributed by atoms with Gasteiger partial charge in [0.2, 0.25) is 5.91 Å². The van der Waals surface area contributed by atoms with Gasteiger partial charge >= 0.3 is 0 Å². The van der Waals surface area contributed by atoms with E-state index in [1.165, 1.54) is 0 Å². The number of hydrogen-bond acceptors (Lipinski definition) is 3. The molecule has 0 spiro atoms. The van der Waals surface area contributed by atoms with Gasteiger partial charge in [0.05, 0.1) is 11.9 Å². The van der Waals surface area contributed by atoms with Crippen molar-refractivity contribution in [3.63, 3.8) is 0 Å². The minimum absolute atomic E-state index is 0.0164. The summed E-state index contributed by atoms with van der Waals surface area (Å²) in [6.45, 7) is 5.15. The van der Waals surface area contributed by atoms with Gasteiger partial charge in [0.15, 0.2) is 0 Å². The Bertz CT molecular complexity index is 1050. The highest BCUT2D eigenvalue weighted by molar-refractivity contribution is 5.95. The van der Waals surface area contributed by atoms with Gasteiger partial charge in [-0.25, -0.2) is 0 Å². The van der Waals surface area contributed by atoms with Gasteiger partial charge in [-0.1, -0.05) is 12.1 Å². The Hall–Kier alpha value is -3.41. The highest BCUT2D eigenvalue weighted by Crippen LogP contribution is 2.23. The number of benzene rings is 1. The Kier molecular flexibility index (Phi) is 5.65. The second-order valence-corrected chi connectivity index (χ2v) is 7.85. The van der Waals surface area contributed by atoms with Crippen LogP contribution < -0.4 is 5.32 Å². The highest BCUT2D eigenvalue weighted by atomic mass is 16.2. The predicted octanol–water partition coefficient (Wildman–Crippen LogP) is 3.98. The number of nitrogens with one attached hydrogen (secondary N) is 1. The number of likely N-dealkylation sites (tertiary alicyclic amines) is 1. The molecule has 30 heavy (non-hydrogen) atoms. The summed E-state index contributed by atoms with van der Waals surface area (Å²) in [5.74, 6) is -0.0640. The number of aryl methyl sites for hydroxylation is 2. The average Bonchev–Trinajstić information content (AvgIpc) is 3.26. The molecule has 6 heteroatoms. The number of amides is 2. The van der Waals surface area contributed by atoms with Gasteiger partial charge in [-0.05, 0) is 68.1 Å². The van der Waals surface area contributed by atoms with E-state index >= 15 is 0 Å². The maximum atomic E-state index is 13.1. The van der Waals surface area contributed by atoms with Gasteiger partial charge < -0.3 is 14.8 Å². The summed E-state index contributed by atoms with van der Waals surface area (Å²) in [7, 11) is 0. The number of anilines is 1. The molecule has 1 aliphatic heterocycles. The van der Waals surface area contributed by atoms with E-state index in [4.69, 9.17) is 0 Å². The lowest BCUT2D eigenvalue weighted by Crippen LogP contribution is -2.42. The summed E-state index contributed by atoms with van der Waals surface area (Å²) < 4.78 is 1.86. The molecule has 0 aliphatic carbocycles. The van der Waals surface area contributed by atoms with Crippen LogP contribution in [-0.2, 0) is 4.79 Å². The van der Waals surface area contributed by atoms with Gasteiger partial charge in [0.25, 0.3) is 5.91 Å². The van der Waals surface area contributed by atoms with E-state index in [2.05, 4.69) is 10.3 Å². The van der Waals surface area contributed by atoms with Crippen LogP contribution in [0.15, 0.2) is 61.1 Å². The number of carbonyl (C=O) groups is 2. The first-order chi connectivity index (χ1) is 14.5. The maximum Gasteiger partial charge on any atom is 0.270 e. The Morgan fingerprint density at radius 3 is 2.60 bits per heavy atom. The number of pyridine rings is 1. The third kappa shape index (κ3) is 4.13. The third-order valence-corrected chi connectivity index (χ3v) is 5.70. The molecular weight excluding hydrogens is 376 g/mol. The van der Waals surface area contributed by atoms with E-state index in [9.17, 15) is 9.59 Å². The fourth-order valence-electron chi connectivity index (χ4n) is 3.89. The quantitative estimate of drug-likeness (QED) is 0.718. The van der Waals surface area contributed by atoms with Crippen molar-refractivity contribution in [3.05, 3.63) is 77.9 Å². The van der Waals surface area contributed by atoms with Crippen LogP contribution in [0.5, 0.6) is 0 Å². The molecule has 154 valence electrons. The van der Waals surface area contributed by atoms with Crippen molar-refractivity contribution < 1.29 is 9.59 Å². The number of carbonyl (C=O) groups excluding carboxylic acids is 2. The second-order valence-electron chi connectivity index (χ2n) is 7.85. The Morgan fingerprint density at radius 1 is 1.07 bits per heavy atom. The number of rotatable bonds is 4. The van der Waals surface area contributed by atoms with Crippen LogP contribution in [0.25, 0.3) is 5.69 Å². The minimum Gasteiger partial charge on any atom is -0.337 e. The van der Waals surface area contributed by atoms with Crippen molar-refractivity contribution in [2.45, 2.75) is 26.7 Å². The summed E-state index contributed by atoms with van der Waals surface area (Å²) >= 11 is 0. The van der Waals surface area contributed by atoms with Gasteiger partial charge in [0.1, 0.15) is 5.69 Å². The molecule has 2 amide bonds. The summed E-state index contributed by atoms with van der Waals surface area (Å²) in [6, 6.07) is 13.5. The van der Waals surface area contributed by atoms with E-state index < -0.39 is 0 Å². The minimum atomic E-state index is -0.0842. The number of aromatic nitrogens is 2. The van der Waals surface area contributed by atoms with Gasteiger partial charge in [-0.15, -0.1) is 0 Å². The first kappa shape index (κ1) is 19.9. The zero-order chi connectivity index (χ0) is 21.1. The van der Waals surface area contributed by atoms with Crippen LogP contribution in [0.4, 0.5) is 5.69 Å². The van der Waals surface area contributed by atoms with Crippen molar-refractivity contribution in [2.24, 2.45) is 5.92 Å². The van der Waals surface area contributed by atoms with Crippen LogP contribution >= 0.6 is 0 Å². The smallest absolute Gasteiger partial charge is 0.270 e. The molecule has 6 nitrogen and oxygen atoms in total. The van der Waals surface area contributed by atoms with Crippen LogP contribution in [-0.4, -0.2) is 39.4 Å². The third-order valence-electron chi connectivity index (χ3n) is 5.70. The van der Waals surface area contributed by atoms with Crippen LogP contribution in [0.2, 0.25) is 0 Å². The first-order valence-electron chi connectivity index (χ1n) is 10.3. The average molecular weight is 402 g/mol. The molecule has 1 aliphatic rings. The zero-order valence-corrected chi connectivity index (χ0v) is 17.3. The number of piperidine rings is 1. The molecule has 1 saturated heterocycles. The molecule has 0 saturated carbocycles. The molecule has 1 N–H and O–H groups in total. The Labute approximate surface area is 176 Å². The summed E-state index contributed by atoms with van der Waals surface area (Å²) in [5.41, 5.74) is 4.51. The Balaban J connectivity index is 1.39. The molecule has 0 unspecified atom stereocenters. The van der Waals surface area contributed by atoms with E-state index in [1.807, 2.05) is 72.0 Å². The zero-order valence-electron chi connectivity index (χ0n) is 17.3. The predicted molar refractivity (Wildman–Crippen MR) is 117 cm³/mol. The number of nitrogens with zero attached hydrogens (tertiary/aromatic N) is 3. The van der Waals surface area contributed by atoms with Crippen molar-refractivity contribution in [1.82, 2.24) is 14.5 Å². The molecule has 4 rings (SSSR count). The summed E-state index contributed by atoms with van der Waals surface area (Å²) in [6.07, 6.45) is 6.64. The van der Waals surface area contributed by atoms with Crippen molar-refractivity contribution in [3.8, 4) is 5.69 Å². The van der Waals surface area contributed by atoms with Crippen LogP contribution in [0.3, 0.4) is 0 Å². The summed E-state index contributed by atoms with van der Waals surface area (Å²) in [4.78, 5) is 31.8. The van der Waals surface area contributed by atoms with Gasteiger partial charge in [-0.3, -0.25) is 14.6 Å². The van der Waals surface area contributed by atoms with Crippen molar-refractivity contribution in [1.29, 1.82) is 0 Å². The highest BCUT2D eigenvalue weighted by Gasteiger charge is 2.29. The normalized spacial score (nSPS) is 14.5. The van der Waals surface area contributed by atoms with Crippen molar-refractivity contribution >= 4 is 17.5 Å². The number of hydrogen-bond donors (Lipinski definition) is 1. The van der Waals surface area contributed by atoms with E-state index in [1.54, 1.807) is 12.4 Å². The molecular formula is C24H26N4O2. The van der Waals surface area contributed by atoms with E-state index in [0.29, 0.717) is 31.6 Å². The molecule has 3 aromatic rings. The lowest BCUT2D eigenvalue weighted by molar-refractivity contribution is -0.121.